The van der Waals surface area contributed by atoms with Crippen molar-refractivity contribution in [3.05, 3.63) is 65.2 Å². The molecule has 3 rings (SSSR count). The van der Waals surface area contributed by atoms with Gasteiger partial charge >= 0.3 is 0 Å². The van der Waals surface area contributed by atoms with Crippen molar-refractivity contribution in [3.8, 4) is 11.8 Å². The van der Waals surface area contributed by atoms with Crippen LogP contribution in [0.25, 0.3) is 0 Å². The fourth-order valence-electron chi connectivity index (χ4n) is 3.37. The van der Waals surface area contributed by atoms with Crippen LogP contribution >= 0.6 is 0 Å². The third kappa shape index (κ3) is 4.87. The number of anilines is 1. The standard InChI is InChI=1S/C24H25N3O3/c1-16(2)23(24(25)30)26-21(28)13-14-22(29)27-15-19-9-4-3-7-17(19)11-12-18-8-5-6-10-20(18)27/h3-10,16,23H,13-15H2,1-2H3,(H2,25,30)(H,26,28)/t23-/m0/s1. The van der Waals surface area contributed by atoms with Crippen LogP contribution in [0.3, 0.4) is 0 Å². The van der Waals surface area contributed by atoms with E-state index in [2.05, 4.69) is 17.2 Å². The Balaban J connectivity index is 1.78. The predicted octanol–water partition coefficient (Wildman–Crippen LogP) is 2.34. The normalized spacial score (nSPS) is 13.1. The Labute approximate surface area is 176 Å². The minimum atomic E-state index is -0.753. The summed E-state index contributed by atoms with van der Waals surface area (Å²) in [4.78, 5) is 38.6. The van der Waals surface area contributed by atoms with Gasteiger partial charge in [-0.3, -0.25) is 14.4 Å². The average molecular weight is 403 g/mol. The van der Waals surface area contributed by atoms with E-state index in [0.29, 0.717) is 6.54 Å². The van der Waals surface area contributed by atoms with E-state index in [0.717, 1.165) is 22.4 Å². The molecule has 0 radical (unpaired) electrons. The number of hydrogen-bond donors (Lipinski definition) is 2. The maximum atomic E-state index is 13.1. The smallest absolute Gasteiger partial charge is 0.240 e. The fourth-order valence-corrected chi connectivity index (χ4v) is 3.37. The highest BCUT2D eigenvalue weighted by Gasteiger charge is 2.24. The zero-order valence-corrected chi connectivity index (χ0v) is 17.1. The Kier molecular flexibility index (Phi) is 6.53. The molecule has 0 saturated carbocycles. The Morgan fingerprint density at radius 3 is 2.33 bits per heavy atom. The molecule has 0 bridgehead atoms. The van der Waals surface area contributed by atoms with Crippen LogP contribution < -0.4 is 16.0 Å². The van der Waals surface area contributed by atoms with Crippen LogP contribution in [-0.4, -0.2) is 23.8 Å². The number of rotatable bonds is 6. The van der Waals surface area contributed by atoms with Gasteiger partial charge in [0.25, 0.3) is 0 Å². The zero-order chi connectivity index (χ0) is 21.7. The summed E-state index contributed by atoms with van der Waals surface area (Å²) in [6.07, 6.45) is -0.0132. The number of nitrogens with zero attached hydrogens (tertiary/aromatic N) is 1. The lowest BCUT2D eigenvalue weighted by Crippen LogP contribution is -2.47. The molecule has 2 aromatic carbocycles. The monoisotopic (exact) mass is 403 g/mol. The predicted molar refractivity (Wildman–Crippen MR) is 115 cm³/mol. The van der Waals surface area contributed by atoms with Crippen molar-refractivity contribution in [3.63, 3.8) is 0 Å². The maximum absolute atomic E-state index is 13.1. The quantitative estimate of drug-likeness (QED) is 0.725. The summed E-state index contributed by atoms with van der Waals surface area (Å²) >= 11 is 0. The third-order valence-electron chi connectivity index (χ3n) is 5.03. The van der Waals surface area contributed by atoms with Crippen LogP contribution in [0.4, 0.5) is 5.69 Å². The largest absolute Gasteiger partial charge is 0.368 e. The molecule has 0 unspecified atom stereocenters. The molecule has 3 amide bonds. The number of carbonyl (C=O) groups excluding carboxylic acids is 3. The molecule has 0 aromatic heterocycles. The van der Waals surface area contributed by atoms with Gasteiger partial charge in [0.2, 0.25) is 17.7 Å². The molecular weight excluding hydrogens is 378 g/mol. The lowest BCUT2D eigenvalue weighted by molar-refractivity contribution is -0.129. The van der Waals surface area contributed by atoms with Gasteiger partial charge in [-0.1, -0.05) is 56.0 Å². The second-order valence-electron chi connectivity index (χ2n) is 7.60. The number of amides is 3. The number of carbonyl (C=O) groups is 3. The second-order valence-corrected chi connectivity index (χ2v) is 7.60. The first-order chi connectivity index (χ1) is 14.4. The van der Waals surface area contributed by atoms with Crippen LogP contribution in [0.2, 0.25) is 0 Å². The fraction of sp³-hybridized carbons (Fsp3) is 0.292. The van der Waals surface area contributed by atoms with E-state index in [-0.39, 0.29) is 30.6 Å². The Morgan fingerprint density at radius 2 is 1.63 bits per heavy atom. The number of hydrogen-bond acceptors (Lipinski definition) is 3. The topological polar surface area (TPSA) is 92.5 Å². The first-order valence-corrected chi connectivity index (χ1v) is 9.95. The number of nitrogens with one attached hydrogen (secondary N) is 1. The number of fused-ring (bicyclic) bond motifs is 2. The zero-order valence-electron chi connectivity index (χ0n) is 17.1. The summed E-state index contributed by atoms with van der Waals surface area (Å²) < 4.78 is 0. The van der Waals surface area contributed by atoms with Gasteiger partial charge in [0, 0.05) is 24.0 Å². The van der Waals surface area contributed by atoms with E-state index in [4.69, 9.17) is 5.73 Å². The van der Waals surface area contributed by atoms with E-state index in [1.165, 1.54) is 0 Å². The molecule has 6 heteroatoms. The van der Waals surface area contributed by atoms with Crippen molar-refractivity contribution in [2.75, 3.05) is 4.90 Å². The summed E-state index contributed by atoms with van der Waals surface area (Å²) in [6, 6.07) is 14.4. The SMILES string of the molecule is CC(C)[C@H](NC(=O)CCC(=O)N1Cc2ccccc2C#Cc2ccccc21)C(N)=O. The van der Waals surface area contributed by atoms with Crippen LogP contribution in [0, 0.1) is 17.8 Å². The van der Waals surface area contributed by atoms with E-state index < -0.39 is 11.9 Å². The molecule has 0 fully saturated rings. The molecule has 3 N–H and O–H groups in total. The lowest BCUT2D eigenvalue weighted by atomic mass is 10.0. The van der Waals surface area contributed by atoms with E-state index >= 15 is 0 Å². The molecule has 0 aliphatic carbocycles. The Hall–Kier alpha value is -3.59. The van der Waals surface area contributed by atoms with Crippen molar-refractivity contribution in [1.82, 2.24) is 5.32 Å². The van der Waals surface area contributed by atoms with Crippen LogP contribution in [0.5, 0.6) is 0 Å². The molecule has 1 heterocycles. The van der Waals surface area contributed by atoms with Crippen molar-refractivity contribution < 1.29 is 14.4 Å². The van der Waals surface area contributed by atoms with Gasteiger partial charge in [0.1, 0.15) is 6.04 Å². The second kappa shape index (κ2) is 9.27. The third-order valence-corrected chi connectivity index (χ3v) is 5.03. The lowest BCUT2D eigenvalue weighted by Gasteiger charge is -2.26. The number of para-hydroxylation sites is 1. The summed E-state index contributed by atoms with van der Waals surface area (Å²) in [5.74, 6) is 5.06. The van der Waals surface area contributed by atoms with E-state index in [9.17, 15) is 14.4 Å². The average Bonchev–Trinajstić information content (AvgIpc) is 2.71. The van der Waals surface area contributed by atoms with E-state index in [1.807, 2.05) is 48.5 Å². The molecule has 1 aliphatic heterocycles. The highest BCUT2D eigenvalue weighted by atomic mass is 16.2. The molecule has 30 heavy (non-hydrogen) atoms. The maximum Gasteiger partial charge on any atom is 0.240 e. The van der Waals surface area contributed by atoms with Gasteiger partial charge in [0.15, 0.2) is 0 Å². The van der Waals surface area contributed by atoms with Gasteiger partial charge in [-0.2, -0.15) is 0 Å². The van der Waals surface area contributed by atoms with Crippen molar-refractivity contribution in [2.24, 2.45) is 11.7 Å². The highest BCUT2D eigenvalue weighted by molar-refractivity contribution is 5.97. The molecule has 6 nitrogen and oxygen atoms in total. The molecule has 2 aromatic rings. The minimum absolute atomic E-state index is 0.0132. The first kappa shape index (κ1) is 21.1. The Morgan fingerprint density at radius 1 is 1.00 bits per heavy atom. The first-order valence-electron chi connectivity index (χ1n) is 9.95. The molecule has 0 spiro atoms. The molecule has 1 atom stereocenters. The number of nitrogens with two attached hydrogens (primary N) is 1. The summed E-state index contributed by atoms with van der Waals surface area (Å²) in [5.41, 5.74) is 8.66. The van der Waals surface area contributed by atoms with Crippen molar-refractivity contribution in [1.29, 1.82) is 0 Å². The van der Waals surface area contributed by atoms with Gasteiger partial charge in [-0.25, -0.2) is 0 Å². The molecule has 1 aliphatic rings. The number of primary amides is 1. The van der Waals surface area contributed by atoms with Crippen molar-refractivity contribution in [2.45, 2.75) is 39.3 Å². The van der Waals surface area contributed by atoms with Gasteiger partial charge in [-0.05, 0) is 29.7 Å². The number of benzene rings is 2. The van der Waals surface area contributed by atoms with E-state index in [1.54, 1.807) is 18.7 Å². The highest BCUT2D eigenvalue weighted by Crippen LogP contribution is 2.26. The summed E-state index contributed by atoms with van der Waals surface area (Å²) in [7, 11) is 0. The molecule has 0 saturated heterocycles. The van der Waals surface area contributed by atoms with Crippen molar-refractivity contribution >= 4 is 23.4 Å². The molecular formula is C24H25N3O3. The minimum Gasteiger partial charge on any atom is -0.368 e. The van der Waals surface area contributed by atoms with Gasteiger partial charge < -0.3 is 16.0 Å². The summed E-state index contributed by atoms with van der Waals surface area (Å²) in [6.45, 7) is 3.98. The Bertz CT molecular complexity index is 1030. The van der Waals surface area contributed by atoms with Gasteiger partial charge in [-0.15, -0.1) is 0 Å². The van der Waals surface area contributed by atoms with Crippen LogP contribution in [0.1, 0.15) is 43.4 Å². The van der Waals surface area contributed by atoms with Gasteiger partial charge in [0.05, 0.1) is 12.2 Å². The van der Waals surface area contributed by atoms with Crippen LogP contribution in [-0.2, 0) is 20.9 Å². The molecule has 154 valence electrons. The summed E-state index contributed by atoms with van der Waals surface area (Å²) in [5, 5.41) is 2.62. The van der Waals surface area contributed by atoms with Crippen LogP contribution in [0.15, 0.2) is 48.5 Å².